The van der Waals surface area contributed by atoms with Crippen molar-refractivity contribution >= 4 is 28.2 Å². The third-order valence-electron chi connectivity index (χ3n) is 3.35. The van der Waals surface area contributed by atoms with Crippen LogP contribution >= 0.6 is 11.3 Å². The highest BCUT2D eigenvalue weighted by molar-refractivity contribution is 7.14. The van der Waals surface area contributed by atoms with Crippen molar-refractivity contribution in [3.05, 3.63) is 17.0 Å². The van der Waals surface area contributed by atoms with Gasteiger partial charge in [0.2, 0.25) is 5.91 Å². The van der Waals surface area contributed by atoms with Crippen LogP contribution in [0.1, 0.15) is 42.5 Å². The summed E-state index contributed by atoms with van der Waals surface area (Å²) in [4.78, 5) is 23.7. The van der Waals surface area contributed by atoms with Gasteiger partial charge < -0.3 is 10.6 Å². The summed E-state index contributed by atoms with van der Waals surface area (Å²) in [5, 5.41) is 7.95. The van der Waals surface area contributed by atoms with Gasteiger partial charge in [0.25, 0.3) is 5.91 Å². The monoisotopic (exact) mass is 266 g/mol. The lowest BCUT2D eigenvalue weighted by Crippen LogP contribution is -2.26. The Kier molecular flexibility index (Phi) is 4.36. The molecule has 0 spiro atoms. The molecule has 0 saturated heterocycles. The normalized spacial score (nSPS) is 16.3. The molecule has 1 fully saturated rings. The van der Waals surface area contributed by atoms with Gasteiger partial charge >= 0.3 is 0 Å². The van der Waals surface area contributed by atoms with E-state index < -0.39 is 0 Å². The van der Waals surface area contributed by atoms with Crippen LogP contribution in [0, 0.1) is 5.92 Å². The van der Waals surface area contributed by atoms with Gasteiger partial charge in [-0.05, 0) is 24.3 Å². The number of rotatable bonds is 3. The largest absolute Gasteiger partial charge is 0.355 e. The molecular weight excluding hydrogens is 248 g/mol. The van der Waals surface area contributed by atoms with E-state index in [9.17, 15) is 9.59 Å². The predicted molar refractivity (Wildman–Crippen MR) is 72.9 cm³/mol. The molecule has 4 nitrogen and oxygen atoms in total. The molecule has 0 aliphatic heterocycles. The molecule has 5 heteroatoms. The van der Waals surface area contributed by atoms with Gasteiger partial charge in [0, 0.05) is 13.0 Å². The van der Waals surface area contributed by atoms with E-state index in [4.69, 9.17) is 0 Å². The van der Waals surface area contributed by atoms with Crippen LogP contribution in [0.4, 0.5) is 5.00 Å². The van der Waals surface area contributed by atoms with E-state index in [1.807, 2.05) is 5.38 Å². The minimum absolute atomic E-state index is 0.0577. The summed E-state index contributed by atoms with van der Waals surface area (Å²) >= 11 is 1.39. The molecule has 1 heterocycles. The summed E-state index contributed by atoms with van der Waals surface area (Å²) in [6.45, 7) is 0. The molecule has 1 aromatic rings. The molecule has 1 aliphatic carbocycles. The van der Waals surface area contributed by atoms with Crippen molar-refractivity contribution in [2.45, 2.75) is 32.1 Å². The molecule has 1 aromatic heterocycles. The summed E-state index contributed by atoms with van der Waals surface area (Å²) in [6.07, 6.45) is 5.42. The Bertz CT molecular complexity index is 436. The van der Waals surface area contributed by atoms with Crippen molar-refractivity contribution in [1.82, 2.24) is 5.32 Å². The second kappa shape index (κ2) is 6.00. The Balaban J connectivity index is 2.02. The van der Waals surface area contributed by atoms with Gasteiger partial charge in [0.1, 0.15) is 5.00 Å². The Morgan fingerprint density at radius 3 is 2.67 bits per heavy atom. The molecule has 0 aromatic carbocycles. The maximum absolute atomic E-state index is 12.1. The van der Waals surface area contributed by atoms with Gasteiger partial charge in [-0.25, -0.2) is 0 Å². The van der Waals surface area contributed by atoms with Crippen LogP contribution in [0.2, 0.25) is 0 Å². The molecule has 2 amide bonds. The van der Waals surface area contributed by atoms with Crippen molar-refractivity contribution in [3.8, 4) is 0 Å². The van der Waals surface area contributed by atoms with Crippen LogP contribution < -0.4 is 10.6 Å². The summed E-state index contributed by atoms with van der Waals surface area (Å²) < 4.78 is 0. The number of thiophene rings is 1. The van der Waals surface area contributed by atoms with Gasteiger partial charge in [-0.1, -0.05) is 19.3 Å². The fourth-order valence-electron chi connectivity index (χ4n) is 2.30. The van der Waals surface area contributed by atoms with Gasteiger partial charge in [0.05, 0.1) is 5.56 Å². The van der Waals surface area contributed by atoms with E-state index in [1.54, 1.807) is 13.1 Å². The zero-order chi connectivity index (χ0) is 13.0. The molecular formula is C13H18N2O2S. The minimum atomic E-state index is -0.157. The lowest BCUT2D eigenvalue weighted by molar-refractivity contribution is -0.120. The quantitative estimate of drug-likeness (QED) is 0.883. The van der Waals surface area contributed by atoms with Crippen LogP contribution in [0.3, 0.4) is 0 Å². The Morgan fingerprint density at radius 1 is 1.28 bits per heavy atom. The molecule has 0 atom stereocenters. The number of hydrogen-bond acceptors (Lipinski definition) is 3. The third-order valence-corrected chi connectivity index (χ3v) is 4.18. The van der Waals surface area contributed by atoms with Gasteiger partial charge in [-0.3, -0.25) is 9.59 Å². The van der Waals surface area contributed by atoms with Gasteiger partial charge in [0.15, 0.2) is 0 Å². The summed E-state index contributed by atoms with van der Waals surface area (Å²) in [7, 11) is 1.59. The maximum atomic E-state index is 12.1. The van der Waals surface area contributed by atoms with Crippen molar-refractivity contribution in [1.29, 1.82) is 0 Å². The Labute approximate surface area is 111 Å². The minimum Gasteiger partial charge on any atom is -0.355 e. The topological polar surface area (TPSA) is 58.2 Å². The van der Waals surface area contributed by atoms with E-state index >= 15 is 0 Å². The highest BCUT2D eigenvalue weighted by atomic mass is 32.1. The smallest absolute Gasteiger partial charge is 0.254 e. The first-order chi connectivity index (χ1) is 8.72. The van der Waals surface area contributed by atoms with Crippen LogP contribution in [0.15, 0.2) is 11.4 Å². The summed E-state index contributed by atoms with van der Waals surface area (Å²) in [5.74, 6) is 0.0101. The molecule has 98 valence electrons. The van der Waals surface area contributed by atoms with E-state index in [-0.39, 0.29) is 17.7 Å². The average molecular weight is 266 g/mol. The van der Waals surface area contributed by atoms with Crippen LogP contribution in [0.25, 0.3) is 0 Å². The fraction of sp³-hybridized carbons (Fsp3) is 0.538. The van der Waals surface area contributed by atoms with E-state index in [1.165, 1.54) is 17.8 Å². The molecule has 0 unspecified atom stereocenters. The average Bonchev–Trinajstić information content (AvgIpc) is 2.87. The number of carbonyl (C=O) groups excluding carboxylic acids is 2. The van der Waals surface area contributed by atoms with Crippen LogP contribution in [0.5, 0.6) is 0 Å². The van der Waals surface area contributed by atoms with E-state index in [2.05, 4.69) is 10.6 Å². The first kappa shape index (κ1) is 13.1. The lowest BCUT2D eigenvalue weighted by atomic mass is 9.89. The van der Waals surface area contributed by atoms with Crippen molar-refractivity contribution in [3.63, 3.8) is 0 Å². The summed E-state index contributed by atoms with van der Waals surface area (Å²) in [6, 6.07) is 1.74. The van der Waals surface area contributed by atoms with Crippen LogP contribution in [-0.4, -0.2) is 18.9 Å². The van der Waals surface area contributed by atoms with Crippen LogP contribution in [-0.2, 0) is 4.79 Å². The molecule has 2 N–H and O–H groups in total. The number of amides is 2. The Morgan fingerprint density at radius 2 is 2.00 bits per heavy atom. The molecule has 1 aliphatic rings. The fourth-order valence-corrected chi connectivity index (χ4v) is 3.09. The molecule has 18 heavy (non-hydrogen) atoms. The molecule has 2 rings (SSSR count). The van der Waals surface area contributed by atoms with Gasteiger partial charge in [-0.2, -0.15) is 0 Å². The van der Waals surface area contributed by atoms with Crippen molar-refractivity contribution in [2.75, 3.05) is 12.4 Å². The van der Waals surface area contributed by atoms with Crippen molar-refractivity contribution < 1.29 is 9.59 Å². The predicted octanol–water partition coefficient (Wildman–Crippen LogP) is 2.63. The molecule has 1 saturated carbocycles. The molecule has 0 radical (unpaired) electrons. The first-order valence-corrected chi connectivity index (χ1v) is 7.20. The number of nitrogens with one attached hydrogen (secondary N) is 2. The summed E-state index contributed by atoms with van der Waals surface area (Å²) in [5.41, 5.74) is 0.548. The lowest BCUT2D eigenvalue weighted by Gasteiger charge is -2.20. The zero-order valence-electron chi connectivity index (χ0n) is 10.5. The molecule has 0 bridgehead atoms. The van der Waals surface area contributed by atoms with Gasteiger partial charge in [-0.15, -0.1) is 11.3 Å². The number of anilines is 1. The second-order valence-electron chi connectivity index (χ2n) is 4.57. The Hall–Kier alpha value is -1.36. The first-order valence-electron chi connectivity index (χ1n) is 6.33. The van der Waals surface area contributed by atoms with E-state index in [0.717, 1.165) is 25.7 Å². The maximum Gasteiger partial charge on any atom is 0.254 e. The third kappa shape index (κ3) is 2.90. The number of hydrogen-bond donors (Lipinski definition) is 2. The highest BCUT2D eigenvalue weighted by Gasteiger charge is 2.22. The highest BCUT2D eigenvalue weighted by Crippen LogP contribution is 2.28. The standard InChI is InChI=1S/C13H18N2O2S/c1-14-12(17)10-7-8-18-13(10)15-11(16)9-5-3-2-4-6-9/h7-9H,2-6H2,1H3,(H,14,17)(H,15,16). The SMILES string of the molecule is CNC(=O)c1ccsc1NC(=O)C1CCCCC1. The number of carbonyl (C=O) groups is 2. The van der Waals surface area contributed by atoms with Crippen molar-refractivity contribution in [2.24, 2.45) is 5.92 Å². The zero-order valence-corrected chi connectivity index (χ0v) is 11.3. The second-order valence-corrected chi connectivity index (χ2v) is 5.48. The van der Waals surface area contributed by atoms with E-state index in [0.29, 0.717) is 10.6 Å².